The topological polar surface area (TPSA) is 15.3 Å². The molecular weight excluding hydrogens is 172 g/mol. The Balaban J connectivity index is 2.37. The summed E-state index contributed by atoms with van der Waals surface area (Å²) in [5.41, 5.74) is 0.313. The van der Waals surface area contributed by atoms with Gasteiger partial charge in [-0.05, 0) is 72.6 Å². The van der Waals surface area contributed by atoms with Gasteiger partial charge in [0.2, 0.25) is 0 Å². The van der Waals surface area contributed by atoms with Crippen molar-refractivity contribution in [3.05, 3.63) is 0 Å². The molecule has 14 heavy (non-hydrogen) atoms. The standard InChI is InChI=1S/C12H26N2/c1-12(2,13-3)10-11-6-5-8-14(4)9-7-11/h11,13H,5-10H2,1-4H3. The number of hydrogen-bond acceptors (Lipinski definition) is 2. The molecule has 0 radical (unpaired) electrons. The second-order valence-electron chi connectivity index (χ2n) is 5.44. The number of nitrogens with one attached hydrogen (secondary N) is 1. The van der Waals surface area contributed by atoms with Gasteiger partial charge in [-0.15, -0.1) is 0 Å². The quantitative estimate of drug-likeness (QED) is 0.747. The van der Waals surface area contributed by atoms with E-state index in [0.29, 0.717) is 5.54 Å². The molecule has 1 aliphatic heterocycles. The van der Waals surface area contributed by atoms with E-state index < -0.39 is 0 Å². The molecule has 0 amide bonds. The van der Waals surface area contributed by atoms with Crippen LogP contribution >= 0.6 is 0 Å². The highest BCUT2D eigenvalue weighted by Crippen LogP contribution is 2.25. The van der Waals surface area contributed by atoms with E-state index in [9.17, 15) is 0 Å². The molecule has 0 aliphatic carbocycles. The predicted octanol–water partition coefficient (Wildman–Crippen LogP) is 2.11. The van der Waals surface area contributed by atoms with Gasteiger partial charge in [-0.3, -0.25) is 0 Å². The number of rotatable bonds is 3. The van der Waals surface area contributed by atoms with Gasteiger partial charge in [0, 0.05) is 5.54 Å². The van der Waals surface area contributed by atoms with E-state index in [1.54, 1.807) is 0 Å². The Morgan fingerprint density at radius 3 is 2.64 bits per heavy atom. The molecule has 1 saturated heterocycles. The molecule has 0 bridgehead atoms. The molecule has 1 unspecified atom stereocenters. The molecule has 0 aromatic carbocycles. The molecule has 84 valence electrons. The molecule has 0 saturated carbocycles. The third-order valence-corrected chi connectivity index (χ3v) is 3.55. The highest BCUT2D eigenvalue weighted by Gasteiger charge is 2.22. The first-order valence-corrected chi connectivity index (χ1v) is 5.91. The van der Waals surface area contributed by atoms with E-state index in [1.165, 1.54) is 38.8 Å². The third kappa shape index (κ3) is 3.97. The average Bonchev–Trinajstić information content (AvgIpc) is 2.31. The SMILES string of the molecule is CNC(C)(C)CC1CCCN(C)CC1. The first kappa shape index (κ1) is 12.0. The van der Waals surface area contributed by atoms with Crippen LogP contribution in [0, 0.1) is 5.92 Å². The highest BCUT2D eigenvalue weighted by molar-refractivity contribution is 4.81. The third-order valence-electron chi connectivity index (χ3n) is 3.55. The van der Waals surface area contributed by atoms with Crippen LogP contribution in [0.15, 0.2) is 0 Å². The maximum Gasteiger partial charge on any atom is 0.0124 e. The van der Waals surface area contributed by atoms with Gasteiger partial charge < -0.3 is 10.2 Å². The van der Waals surface area contributed by atoms with Crippen molar-refractivity contribution in [3.8, 4) is 0 Å². The van der Waals surface area contributed by atoms with Gasteiger partial charge in [-0.2, -0.15) is 0 Å². The predicted molar refractivity (Wildman–Crippen MR) is 62.6 cm³/mol. The summed E-state index contributed by atoms with van der Waals surface area (Å²) in [5.74, 6) is 0.919. The maximum absolute atomic E-state index is 3.41. The molecule has 1 aliphatic rings. The molecule has 0 spiro atoms. The lowest BCUT2D eigenvalue weighted by atomic mass is 9.86. The van der Waals surface area contributed by atoms with Crippen LogP contribution in [0.3, 0.4) is 0 Å². The van der Waals surface area contributed by atoms with Crippen molar-refractivity contribution in [1.82, 2.24) is 10.2 Å². The summed E-state index contributed by atoms with van der Waals surface area (Å²) in [6.45, 7) is 7.18. The fraction of sp³-hybridized carbons (Fsp3) is 1.00. The van der Waals surface area contributed by atoms with Crippen molar-refractivity contribution in [1.29, 1.82) is 0 Å². The first-order chi connectivity index (χ1) is 6.53. The van der Waals surface area contributed by atoms with Crippen molar-refractivity contribution in [2.75, 3.05) is 27.2 Å². The van der Waals surface area contributed by atoms with Crippen LogP contribution in [0.4, 0.5) is 0 Å². The van der Waals surface area contributed by atoms with Gasteiger partial charge >= 0.3 is 0 Å². The molecule has 0 aromatic heterocycles. The Morgan fingerprint density at radius 2 is 2.00 bits per heavy atom. The monoisotopic (exact) mass is 198 g/mol. The van der Waals surface area contributed by atoms with Gasteiger partial charge in [0.25, 0.3) is 0 Å². The van der Waals surface area contributed by atoms with Crippen LogP contribution in [0.2, 0.25) is 0 Å². The summed E-state index contributed by atoms with van der Waals surface area (Å²) in [7, 11) is 4.31. The van der Waals surface area contributed by atoms with E-state index >= 15 is 0 Å². The van der Waals surface area contributed by atoms with Gasteiger partial charge in [0.05, 0.1) is 0 Å². The van der Waals surface area contributed by atoms with Crippen LogP contribution in [-0.4, -0.2) is 37.6 Å². The Morgan fingerprint density at radius 1 is 1.29 bits per heavy atom. The Hall–Kier alpha value is -0.0800. The summed E-state index contributed by atoms with van der Waals surface area (Å²) in [5, 5.41) is 3.41. The fourth-order valence-electron chi connectivity index (χ4n) is 2.34. The number of nitrogens with zero attached hydrogens (tertiary/aromatic N) is 1. The largest absolute Gasteiger partial charge is 0.315 e. The summed E-state index contributed by atoms with van der Waals surface area (Å²) in [6.07, 6.45) is 5.48. The molecule has 2 heteroatoms. The van der Waals surface area contributed by atoms with Crippen LogP contribution in [0.5, 0.6) is 0 Å². The molecule has 0 aromatic rings. The van der Waals surface area contributed by atoms with Gasteiger partial charge in [-0.1, -0.05) is 0 Å². The lowest BCUT2D eigenvalue weighted by Gasteiger charge is -2.29. The van der Waals surface area contributed by atoms with E-state index in [4.69, 9.17) is 0 Å². The second-order valence-corrected chi connectivity index (χ2v) is 5.44. The molecular formula is C12H26N2. The van der Waals surface area contributed by atoms with Crippen molar-refractivity contribution in [2.45, 2.75) is 45.1 Å². The minimum Gasteiger partial charge on any atom is -0.315 e. The van der Waals surface area contributed by atoms with Gasteiger partial charge in [0.15, 0.2) is 0 Å². The summed E-state index contributed by atoms with van der Waals surface area (Å²) in [6, 6.07) is 0. The van der Waals surface area contributed by atoms with Crippen LogP contribution in [-0.2, 0) is 0 Å². The first-order valence-electron chi connectivity index (χ1n) is 5.91. The number of hydrogen-bond donors (Lipinski definition) is 1. The summed E-state index contributed by atoms with van der Waals surface area (Å²) >= 11 is 0. The lowest BCUT2D eigenvalue weighted by Crippen LogP contribution is -2.38. The van der Waals surface area contributed by atoms with Crippen molar-refractivity contribution < 1.29 is 0 Å². The normalized spacial score (nSPS) is 26.1. The molecule has 1 N–H and O–H groups in total. The molecule has 1 heterocycles. The summed E-state index contributed by atoms with van der Waals surface area (Å²) < 4.78 is 0. The highest BCUT2D eigenvalue weighted by atomic mass is 15.1. The van der Waals surface area contributed by atoms with Crippen LogP contribution < -0.4 is 5.32 Å². The smallest absolute Gasteiger partial charge is 0.0124 e. The van der Waals surface area contributed by atoms with Crippen molar-refractivity contribution in [3.63, 3.8) is 0 Å². The fourth-order valence-corrected chi connectivity index (χ4v) is 2.34. The summed E-state index contributed by atoms with van der Waals surface area (Å²) in [4.78, 5) is 2.46. The molecule has 1 rings (SSSR count). The zero-order chi connectivity index (χ0) is 10.6. The van der Waals surface area contributed by atoms with E-state index in [-0.39, 0.29) is 0 Å². The Bertz CT molecular complexity index is 166. The van der Waals surface area contributed by atoms with E-state index in [2.05, 4.69) is 38.2 Å². The second kappa shape index (κ2) is 5.13. The molecule has 1 fully saturated rings. The van der Waals surface area contributed by atoms with Crippen LogP contribution in [0.1, 0.15) is 39.5 Å². The van der Waals surface area contributed by atoms with E-state index in [1.807, 2.05) is 0 Å². The zero-order valence-electron chi connectivity index (χ0n) is 10.3. The number of likely N-dealkylation sites (tertiary alicyclic amines) is 1. The molecule has 1 atom stereocenters. The average molecular weight is 198 g/mol. The van der Waals surface area contributed by atoms with Crippen molar-refractivity contribution >= 4 is 0 Å². The maximum atomic E-state index is 3.41. The van der Waals surface area contributed by atoms with E-state index in [0.717, 1.165) is 5.92 Å². The van der Waals surface area contributed by atoms with Crippen LogP contribution in [0.25, 0.3) is 0 Å². The van der Waals surface area contributed by atoms with Gasteiger partial charge in [-0.25, -0.2) is 0 Å². The Kier molecular flexibility index (Phi) is 4.39. The van der Waals surface area contributed by atoms with Crippen molar-refractivity contribution in [2.24, 2.45) is 5.92 Å². The Labute approximate surface area is 89.1 Å². The minimum atomic E-state index is 0.313. The van der Waals surface area contributed by atoms with Gasteiger partial charge in [0.1, 0.15) is 0 Å². The minimum absolute atomic E-state index is 0.313. The zero-order valence-corrected chi connectivity index (χ0v) is 10.3. The molecule has 2 nitrogen and oxygen atoms in total. The lowest BCUT2D eigenvalue weighted by molar-refractivity contribution is 0.286.